The van der Waals surface area contributed by atoms with E-state index < -0.39 is 0 Å². The first-order chi connectivity index (χ1) is 8.27. The number of nitrogens with zero attached hydrogens (tertiary/aromatic N) is 3. The molecule has 3 atom stereocenters. The first-order valence-electron chi connectivity index (χ1n) is 6.89. The van der Waals surface area contributed by atoms with Gasteiger partial charge in [-0.1, -0.05) is 19.1 Å². The minimum Gasteiger partial charge on any atom is -0.314 e. The molecule has 0 saturated heterocycles. The van der Waals surface area contributed by atoms with Gasteiger partial charge in [0.15, 0.2) is 0 Å². The van der Waals surface area contributed by atoms with Gasteiger partial charge in [0.2, 0.25) is 0 Å². The molecule has 1 heterocycles. The Labute approximate surface area is 104 Å². The molecule has 0 spiro atoms. The molecular formula is C13H24N4. The number of aromatic nitrogens is 3. The summed E-state index contributed by atoms with van der Waals surface area (Å²) in [6, 6.07) is 0.667. The van der Waals surface area contributed by atoms with Crippen molar-refractivity contribution in [2.75, 3.05) is 6.54 Å². The number of aryl methyl sites for hydroxylation is 1. The number of rotatable bonds is 5. The molecule has 1 N–H and O–H groups in total. The van der Waals surface area contributed by atoms with Crippen molar-refractivity contribution in [2.45, 2.75) is 58.5 Å². The summed E-state index contributed by atoms with van der Waals surface area (Å²) in [6.45, 7) is 8.77. The Morgan fingerprint density at radius 1 is 1.41 bits per heavy atom. The molecular weight excluding hydrogens is 212 g/mol. The van der Waals surface area contributed by atoms with Crippen molar-refractivity contribution in [2.24, 2.45) is 5.92 Å². The SMILES string of the molecule is CCCNC1CCC(c2cnnn2CC)C1C. The lowest BCUT2D eigenvalue weighted by molar-refractivity contribution is 0.393. The molecule has 1 aromatic heterocycles. The molecule has 2 rings (SSSR count). The molecule has 0 aromatic carbocycles. The number of nitrogens with one attached hydrogen (secondary N) is 1. The van der Waals surface area contributed by atoms with Crippen LogP contribution in [0.15, 0.2) is 6.20 Å². The van der Waals surface area contributed by atoms with E-state index in [1.54, 1.807) is 0 Å². The molecule has 3 unspecified atom stereocenters. The fourth-order valence-corrected chi connectivity index (χ4v) is 3.00. The molecule has 0 radical (unpaired) electrons. The van der Waals surface area contributed by atoms with Gasteiger partial charge in [0, 0.05) is 18.5 Å². The summed E-state index contributed by atoms with van der Waals surface area (Å²) in [4.78, 5) is 0. The van der Waals surface area contributed by atoms with E-state index in [4.69, 9.17) is 0 Å². The summed E-state index contributed by atoms with van der Waals surface area (Å²) in [5.41, 5.74) is 1.32. The van der Waals surface area contributed by atoms with E-state index in [0.717, 1.165) is 13.1 Å². The van der Waals surface area contributed by atoms with Gasteiger partial charge in [-0.2, -0.15) is 0 Å². The molecule has 4 heteroatoms. The predicted octanol–water partition coefficient (Wildman–Crippen LogP) is 2.18. The van der Waals surface area contributed by atoms with Gasteiger partial charge in [-0.25, -0.2) is 4.68 Å². The van der Waals surface area contributed by atoms with Gasteiger partial charge in [0.05, 0.1) is 11.9 Å². The second-order valence-corrected chi connectivity index (χ2v) is 5.08. The Morgan fingerprint density at radius 2 is 2.24 bits per heavy atom. The van der Waals surface area contributed by atoms with Gasteiger partial charge in [-0.15, -0.1) is 5.10 Å². The summed E-state index contributed by atoms with van der Waals surface area (Å²) in [6.07, 6.45) is 5.70. The molecule has 1 aliphatic carbocycles. The average molecular weight is 236 g/mol. The third-order valence-corrected chi connectivity index (χ3v) is 4.04. The summed E-state index contributed by atoms with van der Waals surface area (Å²) in [7, 11) is 0. The van der Waals surface area contributed by atoms with Crippen molar-refractivity contribution in [1.29, 1.82) is 0 Å². The Hall–Kier alpha value is -0.900. The Balaban J connectivity index is 2.04. The maximum Gasteiger partial charge on any atom is 0.0728 e. The van der Waals surface area contributed by atoms with Crippen LogP contribution in [0.2, 0.25) is 0 Å². The van der Waals surface area contributed by atoms with Gasteiger partial charge in [-0.05, 0) is 38.6 Å². The van der Waals surface area contributed by atoms with Crippen LogP contribution in [0.5, 0.6) is 0 Å². The summed E-state index contributed by atoms with van der Waals surface area (Å²) < 4.78 is 2.05. The van der Waals surface area contributed by atoms with Gasteiger partial charge >= 0.3 is 0 Å². The van der Waals surface area contributed by atoms with E-state index in [2.05, 4.69) is 36.4 Å². The van der Waals surface area contributed by atoms with Crippen LogP contribution in [0, 0.1) is 5.92 Å². The topological polar surface area (TPSA) is 42.7 Å². The van der Waals surface area contributed by atoms with E-state index in [-0.39, 0.29) is 0 Å². The summed E-state index contributed by atoms with van der Waals surface area (Å²) in [5, 5.41) is 11.9. The van der Waals surface area contributed by atoms with Crippen molar-refractivity contribution in [3.05, 3.63) is 11.9 Å². The highest BCUT2D eigenvalue weighted by Gasteiger charge is 2.35. The van der Waals surface area contributed by atoms with E-state index in [1.165, 1.54) is 25.0 Å². The average Bonchev–Trinajstić information content (AvgIpc) is 2.93. The molecule has 4 nitrogen and oxygen atoms in total. The molecule has 17 heavy (non-hydrogen) atoms. The van der Waals surface area contributed by atoms with Crippen molar-refractivity contribution >= 4 is 0 Å². The van der Waals surface area contributed by atoms with E-state index in [9.17, 15) is 0 Å². The van der Waals surface area contributed by atoms with Crippen molar-refractivity contribution in [3.8, 4) is 0 Å². The summed E-state index contributed by atoms with van der Waals surface area (Å²) >= 11 is 0. The molecule has 1 fully saturated rings. The Bertz CT molecular complexity index is 347. The lowest BCUT2D eigenvalue weighted by atomic mass is 9.93. The highest BCUT2D eigenvalue weighted by atomic mass is 15.4. The van der Waals surface area contributed by atoms with Crippen LogP contribution in [0.1, 0.15) is 51.6 Å². The predicted molar refractivity (Wildman–Crippen MR) is 68.9 cm³/mol. The molecule has 1 aliphatic rings. The van der Waals surface area contributed by atoms with Gasteiger partial charge < -0.3 is 5.32 Å². The van der Waals surface area contributed by atoms with E-state index >= 15 is 0 Å². The minimum atomic E-state index is 0.624. The van der Waals surface area contributed by atoms with Crippen LogP contribution < -0.4 is 5.32 Å². The maximum atomic E-state index is 4.15. The monoisotopic (exact) mass is 236 g/mol. The first-order valence-corrected chi connectivity index (χ1v) is 6.89. The van der Waals surface area contributed by atoms with Crippen LogP contribution in [-0.2, 0) is 6.54 Å². The normalized spacial score (nSPS) is 28.8. The Morgan fingerprint density at radius 3 is 2.94 bits per heavy atom. The molecule has 96 valence electrons. The lowest BCUT2D eigenvalue weighted by Crippen LogP contribution is -2.33. The van der Waals surface area contributed by atoms with Gasteiger partial charge in [-0.3, -0.25) is 0 Å². The minimum absolute atomic E-state index is 0.624. The highest BCUT2D eigenvalue weighted by molar-refractivity contribution is 5.10. The fraction of sp³-hybridized carbons (Fsp3) is 0.846. The van der Waals surface area contributed by atoms with Crippen LogP contribution in [0.4, 0.5) is 0 Å². The first kappa shape index (κ1) is 12.6. The third-order valence-electron chi connectivity index (χ3n) is 4.04. The van der Waals surface area contributed by atoms with Gasteiger partial charge in [0.1, 0.15) is 0 Å². The van der Waals surface area contributed by atoms with E-state index in [0.29, 0.717) is 17.9 Å². The maximum absolute atomic E-state index is 4.15. The second kappa shape index (κ2) is 5.63. The summed E-state index contributed by atoms with van der Waals surface area (Å²) in [5.74, 6) is 1.31. The highest BCUT2D eigenvalue weighted by Crippen LogP contribution is 2.39. The molecule has 0 bridgehead atoms. The van der Waals surface area contributed by atoms with Crippen molar-refractivity contribution in [3.63, 3.8) is 0 Å². The molecule has 1 saturated carbocycles. The quantitative estimate of drug-likeness (QED) is 0.852. The van der Waals surface area contributed by atoms with Crippen LogP contribution in [-0.4, -0.2) is 27.6 Å². The Kier molecular flexibility index (Phi) is 4.15. The third kappa shape index (κ3) is 2.51. The second-order valence-electron chi connectivity index (χ2n) is 5.08. The molecule has 0 aliphatic heterocycles. The van der Waals surface area contributed by atoms with Gasteiger partial charge in [0.25, 0.3) is 0 Å². The van der Waals surface area contributed by atoms with Crippen LogP contribution >= 0.6 is 0 Å². The van der Waals surface area contributed by atoms with Crippen molar-refractivity contribution < 1.29 is 0 Å². The molecule has 0 amide bonds. The zero-order chi connectivity index (χ0) is 12.3. The van der Waals surface area contributed by atoms with Crippen LogP contribution in [0.3, 0.4) is 0 Å². The zero-order valence-corrected chi connectivity index (χ0v) is 11.2. The molecule has 1 aromatic rings. The fourth-order valence-electron chi connectivity index (χ4n) is 3.00. The number of hydrogen-bond acceptors (Lipinski definition) is 3. The standard InChI is InChI=1S/C13H24N4/c1-4-8-14-12-7-6-11(10(12)3)13-9-15-16-17(13)5-2/h9-12,14H,4-8H2,1-3H3. The largest absolute Gasteiger partial charge is 0.314 e. The smallest absolute Gasteiger partial charge is 0.0728 e. The van der Waals surface area contributed by atoms with E-state index in [1.807, 2.05) is 10.9 Å². The van der Waals surface area contributed by atoms with Crippen molar-refractivity contribution in [1.82, 2.24) is 20.3 Å². The number of hydrogen-bond donors (Lipinski definition) is 1. The lowest BCUT2D eigenvalue weighted by Gasteiger charge is -2.21. The zero-order valence-electron chi connectivity index (χ0n) is 11.2. The van der Waals surface area contributed by atoms with Crippen LogP contribution in [0.25, 0.3) is 0 Å².